The van der Waals surface area contributed by atoms with Crippen LogP contribution in [0.15, 0.2) is 18.2 Å². The van der Waals surface area contributed by atoms with Crippen LogP contribution in [0, 0.1) is 22.5 Å². The quantitative estimate of drug-likeness (QED) is 0.891. The van der Waals surface area contributed by atoms with Gasteiger partial charge in [-0.2, -0.15) is 0 Å². The number of nitrogens with two attached hydrogens (primary N) is 1. The van der Waals surface area contributed by atoms with Gasteiger partial charge in [0.05, 0.1) is 6.10 Å². The fourth-order valence-corrected chi connectivity index (χ4v) is 3.07. The van der Waals surface area contributed by atoms with Gasteiger partial charge in [-0.25, -0.2) is 8.78 Å². The van der Waals surface area contributed by atoms with Crippen molar-refractivity contribution in [1.29, 1.82) is 0 Å². The molecule has 3 N–H and O–H groups in total. The number of aliphatic hydroxyl groups is 1. The molecule has 1 unspecified atom stereocenters. The Bertz CT molecular complexity index is 477. The van der Waals surface area contributed by atoms with Crippen molar-refractivity contribution in [1.82, 2.24) is 0 Å². The number of hydrogen-bond donors (Lipinski definition) is 2. The molecule has 1 atom stereocenters. The van der Waals surface area contributed by atoms with Crippen LogP contribution in [0.5, 0.6) is 0 Å². The minimum atomic E-state index is -1.06. The van der Waals surface area contributed by atoms with Gasteiger partial charge in [-0.1, -0.05) is 13.8 Å². The predicted octanol–water partition coefficient (Wildman–Crippen LogP) is 3.54. The number of aliphatic hydroxyl groups excluding tert-OH is 1. The summed E-state index contributed by atoms with van der Waals surface area (Å²) < 4.78 is 27.2. The number of benzene rings is 1. The van der Waals surface area contributed by atoms with E-state index in [9.17, 15) is 13.9 Å². The second kappa shape index (κ2) is 5.41. The molecule has 0 spiro atoms. The smallest absolute Gasteiger partial charge is 0.129 e. The summed E-state index contributed by atoms with van der Waals surface area (Å²) in [5, 5.41) is 10.6. The SMILES string of the molecule is CC1(C)CCC(CN)(C(O)c2cc(F)ccc2F)CC1. The zero-order chi connectivity index (χ0) is 15.0. The summed E-state index contributed by atoms with van der Waals surface area (Å²) in [5.41, 5.74) is 5.57. The van der Waals surface area contributed by atoms with Gasteiger partial charge in [0.1, 0.15) is 11.6 Å². The molecule has 4 heteroatoms. The minimum Gasteiger partial charge on any atom is -0.388 e. The standard InChI is InChI=1S/C16H23F2NO/c1-15(2)5-7-16(10-19,8-6-15)14(20)12-9-11(17)3-4-13(12)18/h3-4,9,14,20H,5-8,10,19H2,1-2H3. The Balaban J connectivity index is 2.30. The molecule has 1 aromatic carbocycles. The van der Waals surface area contributed by atoms with Gasteiger partial charge in [0.15, 0.2) is 0 Å². The normalized spacial score (nSPS) is 22.5. The van der Waals surface area contributed by atoms with Gasteiger partial charge in [0.2, 0.25) is 0 Å². The zero-order valence-corrected chi connectivity index (χ0v) is 12.1. The van der Waals surface area contributed by atoms with E-state index in [1.54, 1.807) is 0 Å². The molecule has 2 rings (SSSR count). The third kappa shape index (κ3) is 2.86. The highest BCUT2D eigenvalue weighted by atomic mass is 19.1. The van der Waals surface area contributed by atoms with Crippen molar-refractivity contribution in [3.05, 3.63) is 35.4 Å². The molecule has 0 radical (unpaired) electrons. The molecular formula is C16H23F2NO. The Morgan fingerprint density at radius 3 is 2.35 bits per heavy atom. The Morgan fingerprint density at radius 2 is 1.80 bits per heavy atom. The maximum absolute atomic E-state index is 13.9. The molecule has 0 amide bonds. The lowest BCUT2D eigenvalue weighted by atomic mass is 9.62. The fourth-order valence-electron chi connectivity index (χ4n) is 3.07. The molecule has 0 bridgehead atoms. The van der Waals surface area contributed by atoms with Crippen LogP contribution in [-0.2, 0) is 0 Å². The monoisotopic (exact) mass is 283 g/mol. The summed E-state index contributed by atoms with van der Waals surface area (Å²) >= 11 is 0. The molecule has 1 fully saturated rings. The summed E-state index contributed by atoms with van der Waals surface area (Å²) in [6, 6.07) is 3.20. The highest BCUT2D eigenvalue weighted by Gasteiger charge is 2.43. The average molecular weight is 283 g/mol. The van der Waals surface area contributed by atoms with Gasteiger partial charge < -0.3 is 10.8 Å². The molecule has 20 heavy (non-hydrogen) atoms. The van der Waals surface area contributed by atoms with E-state index in [4.69, 9.17) is 5.73 Å². The minimum absolute atomic E-state index is 0.0233. The molecule has 112 valence electrons. The molecule has 1 aliphatic rings. The number of hydrogen-bond acceptors (Lipinski definition) is 2. The van der Waals surface area contributed by atoms with Crippen molar-refractivity contribution >= 4 is 0 Å². The summed E-state index contributed by atoms with van der Waals surface area (Å²) in [7, 11) is 0. The molecule has 1 saturated carbocycles. The Hall–Kier alpha value is -1.00. The molecular weight excluding hydrogens is 260 g/mol. The molecule has 0 heterocycles. The first-order chi connectivity index (χ1) is 9.30. The van der Waals surface area contributed by atoms with Crippen molar-refractivity contribution in [2.24, 2.45) is 16.6 Å². The lowest BCUT2D eigenvalue weighted by Crippen LogP contribution is -2.42. The van der Waals surface area contributed by atoms with Crippen LogP contribution < -0.4 is 5.73 Å². The maximum atomic E-state index is 13.9. The van der Waals surface area contributed by atoms with Crippen molar-refractivity contribution in [3.63, 3.8) is 0 Å². The van der Waals surface area contributed by atoms with Crippen LogP contribution in [0.4, 0.5) is 8.78 Å². The third-order valence-corrected chi connectivity index (χ3v) is 4.84. The second-order valence-electron chi connectivity index (χ2n) is 6.80. The second-order valence-corrected chi connectivity index (χ2v) is 6.80. The van der Waals surface area contributed by atoms with E-state index < -0.39 is 23.2 Å². The van der Waals surface area contributed by atoms with E-state index in [2.05, 4.69) is 13.8 Å². The van der Waals surface area contributed by atoms with Gasteiger partial charge in [-0.15, -0.1) is 0 Å². The molecule has 2 nitrogen and oxygen atoms in total. The van der Waals surface area contributed by atoms with Crippen LogP contribution in [0.2, 0.25) is 0 Å². The van der Waals surface area contributed by atoms with Crippen LogP contribution in [0.25, 0.3) is 0 Å². The topological polar surface area (TPSA) is 46.2 Å². The Morgan fingerprint density at radius 1 is 1.20 bits per heavy atom. The van der Waals surface area contributed by atoms with Crippen molar-refractivity contribution in [3.8, 4) is 0 Å². The zero-order valence-electron chi connectivity index (χ0n) is 12.1. The highest BCUT2D eigenvalue weighted by Crippen LogP contribution is 2.51. The Labute approximate surface area is 119 Å². The van der Waals surface area contributed by atoms with Crippen molar-refractivity contribution < 1.29 is 13.9 Å². The molecule has 1 aromatic rings. The molecule has 0 aromatic heterocycles. The average Bonchev–Trinajstić information content (AvgIpc) is 2.41. The van der Waals surface area contributed by atoms with E-state index in [0.29, 0.717) is 0 Å². The first kappa shape index (κ1) is 15.4. The van der Waals surface area contributed by atoms with Gasteiger partial charge in [-0.05, 0) is 49.3 Å². The molecule has 1 aliphatic carbocycles. The van der Waals surface area contributed by atoms with Crippen molar-refractivity contribution in [2.75, 3.05) is 6.54 Å². The first-order valence-electron chi connectivity index (χ1n) is 7.13. The van der Waals surface area contributed by atoms with Crippen LogP contribution >= 0.6 is 0 Å². The van der Waals surface area contributed by atoms with Crippen LogP contribution in [0.3, 0.4) is 0 Å². The molecule has 0 saturated heterocycles. The van der Waals surface area contributed by atoms with Crippen LogP contribution in [0.1, 0.15) is 51.2 Å². The largest absolute Gasteiger partial charge is 0.388 e. The van der Waals surface area contributed by atoms with E-state index in [1.807, 2.05) is 0 Å². The van der Waals surface area contributed by atoms with Crippen LogP contribution in [-0.4, -0.2) is 11.7 Å². The fraction of sp³-hybridized carbons (Fsp3) is 0.625. The predicted molar refractivity (Wildman–Crippen MR) is 75.1 cm³/mol. The van der Waals surface area contributed by atoms with E-state index in [1.165, 1.54) is 0 Å². The summed E-state index contributed by atoms with van der Waals surface area (Å²) in [4.78, 5) is 0. The Kier molecular flexibility index (Phi) is 4.17. The van der Waals surface area contributed by atoms with E-state index in [0.717, 1.165) is 43.9 Å². The first-order valence-corrected chi connectivity index (χ1v) is 7.13. The molecule has 0 aliphatic heterocycles. The lowest BCUT2D eigenvalue weighted by Gasteiger charge is -2.45. The van der Waals surface area contributed by atoms with E-state index >= 15 is 0 Å². The lowest BCUT2D eigenvalue weighted by molar-refractivity contribution is -0.0254. The maximum Gasteiger partial charge on any atom is 0.129 e. The van der Waals surface area contributed by atoms with Gasteiger partial charge in [0, 0.05) is 17.5 Å². The van der Waals surface area contributed by atoms with Gasteiger partial charge in [-0.3, -0.25) is 0 Å². The van der Waals surface area contributed by atoms with Gasteiger partial charge >= 0.3 is 0 Å². The van der Waals surface area contributed by atoms with Gasteiger partial charge in [0.25, 0.3) is 0 Å². The number of halogens is 2. The highest BCUT2D eigenvalue weighted by molar-refractivity contribution is 5.23. The summed E-state index contributed by atoms with van der Waals surface area (Å²) in [6.45, 7) is 4.64. The van der Waals surface area contributed by atoms with E-state index in [-0.39, 0.29) is 17.5 Å². The summed E-state index contributed by atoms with van der Waals surface area (Å²) in [6.07, 6.45) is 2.26. The summed E-state index contributed by atoms with van der Waals surface area (Å²) in [5.74, 6) is -1.11. The van der Waals surface area contributed by atoms with Crippen molar-refractivity contribution in [2.45, 2.75) is 45.6 Å². The third-order valence-electron chi connectivity index (χ3n) is 4.84. The number of rotatable bonds is 3.